The van der Waals surface area contributed by atoms with Gasteiger partial charge in [0.2, 0.25) is 5.91 Å². The molecular weight excluding hydrogens is 376 g/mol. The molecule has 0 spiro atoms. The predicted molar refractivity (Wildman–Crippen MR) is 101 cm³/mol. The monoisotopic (exact) mass is 398 g/mol. The molecule has 1 unspecified atom stereocenters. The summed E-state index contributed by atoms with van der Waals surface area (Å²) in [7, 11) is -3.59. The fraction of sp³-hybridized carbons (Fsp3) is 0.529. The molecule has 0 aliphatic carbocycles. The van der Waals surface area contributed by atoms with E-state index in [2.05, 4.69) is 15.0 Å². The summed E-state index contributed by atoms with van der Waals surface area (Å²) in [4.78, 5) is 14.7. The van der Waals surface area contributed by atoms with E-state index in [1.807, 2.05) is 11.0 Å². The second-order valence-corrected chi connectivity index (χ2v) is 8.42. The van der Waals surface area contributed by atoms with Gasteiger partial charge in [-0.3, -0.25) is 4.79 Å². The number of piperidine rings is 1. The van der Waals surface area contributed by atoms with E-state index in [1.165, 1.54) is 0 Å². The fourth-order valence-corrected chi connectivity index (χ4v) is 4.99. The van der Waals surface area contributed by atoms with Gasteiger partial charge in [0, 0.05) is 37.2 Å². The van der Waals surface area contributed by atoms with Crippen molar-refractivity contribution in [3.05, 3.63) is 29.8 Å². The maximum absolute atomic E-state index is 12.4. The van der Waals surface area contributed by atoms with Gasteiger partial charge in [-0.1, -0.05) is 12.1 Å². The standard InChI is InChI=1S/C17H22N4O3S.ClH/c22-17(19-13-5-8-18-11-13)12-6-9-21(10-7-12)16-14-3-1-2-4-15(14)25(23,24)20-16;/h1-4,12-13,18H,5-11H2,(H,19,22);1H. The molecule has 1 aromatic rings. The number of carbonyl (C=O) groups excluding carboxylic acids is 1. The third kappa shape index (κ3) is 3.58. The van der Waals surface area contributed by atoms with Crippen LogP contribution in [0.2, 0.25) is 0 Å². The number of halogens is 1. The number of amides is 1. The number of carbonyl (C=O) groups is 1. The summed E-state index contributed by atoms with van der Waals surface area (Å²) < 4.78 is 28.3. The summed E-state index contributed by atoms with van der Waals surface area (Å²) in [5.41, 5.74) is 0.669. The SMILES string of the molecule is Cl.O=C(NC1CCNC1)C1CCN(C2=NS(=O)(=O)c3ccccc32)CC1. The largest absolute Gasteiger partial charge is 0.355 e. The van der Waals surface area contributed by atoms with Gasteiger partial charge in [-0.05, 0) is 37.9 Å². The van der Waals surface area contributed by atoms with Gasteiger partial charge < -0.3 is 15.5 Å². The van der Waals surface area contributed by atoms with Crippen LogP contribution in [0.5, 0.6) is 0 Å². The third-order valence-electron chi connectivity index (χ3n) is 5.18. The lowest BCUT2D eigenvalue weighted by Gasteiger charge is -2.33. The number of likely N-dealkylation sites (tertiary alicyclic amines) is 1. The van der Waals surface area contributed by atoms with Crippen molar-refractivity contribution in [3.8, 4) is 0 Å². The van der Waals surface area contributed by atoms with E-state index in [-0.39, 0.29) is 35.2 Å². The Bertz CT molecular complexity index is 813. The number of hydrogen-bond donors (Lipinski definition) is 2. The van der Waals surface area contributed by atoms with Crippen molar-refractivity contribution in [1.82, 2.24) is 15.5 Å². The van der Waals surface area contributed by atoms with Crippen LogP contribution < -0.4 is 10.6 Å². The molecule has 2 N–H and O–H groups in total. The normalized spacial score (nSPS) is 24.5. The van der Waals surface area contributed by atoms with E-state index in [4.69, 9.17) is 0 Å². The lowest BCUT2D eigenvalue weighted by molar-refractivity contribution is -0.126. The van der Waals surface area contributed by atoms with Crippen LogP contribution in [0.1, 0.15) is 24.8 Å². The molecule has 1 aromatic carbocycles. The van der Waals surface area contributed by atoms with Gasteiger partial charge in [-0.2, -0.15) is 8.42 Å². The fourth-order valence-electron chi connectivity index (χ4n) is 3.77. The van der Waals surface area contributed by atoms with Crippen LogP contribution in [0.4, 0.5) is 0 Å². The first kappa shape index (κ1) is 19.1. The molecule has 0 saturated carbocycles. The Morgan fingerprint density at radius 3 is 2.62 bits per heavy atom. The Morgan fingerprint density at radius 2 is 1.92 bits per heavy atom. The molecule has 1 amide bonds. The summed E-state index contributed by atoms with van der Waals surface area (Å²) in [6.07, 6.45) is 2.41. The predicted octanol–water partition coefficient (Wildman–Crippen LogP) is 0.747. The minimum atomic E-state index is -3.59. The average Bonchev–Trinajstić information content (AvgIpc) is 3.22. The highest BCUT2D eigenvalue weighted by molar-refractivity contribution is 7.90. The average molecular weight is 399 g/mol. The number of benzene rings is 1. The number of amidine groups is 1. The van der Waals surface area contributed by atoms with Crippen molar-refractivity contribution < 1.29 is 13.2 Å². The Balaban J connectivity index is 0.00000196. The molecule has 9 heteroatoms. The van der Waals surface area contributed by atoms with Crippen molar-refractivity contribution in [1.29, 1.82) is 0 Å². The lowest BCUT2D eigenvalue weighted by Crippen LogP contribution is -2.45. The number of nitrogens with zero attached hydrogens (tertiary/aromatic N) is 2. The van der Waals surface area contributed by atoms with Crippen LogP contribution in [-0.4, -0.2) is 57.3 Å². The zero-order valence-corrected chi connectivity index (χ0v) is 16.0. The number of sulfonamides is 1. The third-order valence-corrected chi connectivity index (χ3v) is 6.51. The van der Waals surface area contributed by atoms with E-state index in [0.717, 1.165) is 19.5 Å². The molecule has 3 heterocycles. The first-order chi connectivity index (χ1) is 12.0. The summed E-state index contributed by atoms with van der Waals surface area (Å²) in [6.45, 7) is 3.08. The molecule has 2 saturated heterocycles. The highest BCUT2D eigenvalue weighted by Crippen LogP contribution is 2.29. The molecule has 142 valence electrons. The van der Waals surface area contributed by atoms with Crippen LogP contribution in [0.15, 0.2) is 33.6 Å². The molecule has 3 aliphatic rings. The zero-order chi connectivity index (χ0) is 17.4. The van der Waals surface area contributed by atoms with Gasteiger partial charge >= 0.3 is 0 Å². The molecule has 7 nitrogen and oxygen atoms in total. The molecule has 0 radical (unpaired) electrons. The zero-order valence-electron chi connectivity index (χ0n) is 14.3. The Labute approximate surface area is 159 Å². The summed E-state index contributed by atoms with van der Waals surface area (Å²) in [5.74, 6) is 0.634. The number of rotatable bonds is 2. The molecule has 1 atom stereocenters. The lowest BCUT2D eigenvalue weighted by atomic mass is 9.95. The van der Waals surface area contributed by atoms with Gasteiger partial charge in [-0.15, -0.1) is 16.8 Å². The quantitative estimate of drug-likeness (QED) is 0.767. The molecule has 2 fully saturated rings. The Morgan fingerprint density at radius 1 is 1.19 bits per heavy atom. The van der Waals surface area contributed by atoms with Crippen molar-refractivity contribution in [3.63, 3.8) is 0 Å². The van der Waals surface area contributed by atoms with Crippen LogP contribution in [0.3, 0.4) is 0 Å². The Kier molecular flexibility index (Phi) is 5.55. The number of fused-ring (bicyclic) bond motifs is 1. The summed E-state index contributed by atoms with van der Waals surface area (Å²) in [6, 6.07) is 7.16. The molecule has 4 rings (SSSR count). The van der Waals surface area contributed by atoms with E-state index in [9.17, 15) is 13.2 Å². The van der Waals surface area contributed by atoms with Crippen LogP contribution in [-0.2, 0) is 14.8 Å². The van der Waals surface area contributed by atoms with E-state index < -0.39 is 10.0 Å². The van der Waals surface area contributed by atoms with Crippen molar-refractivity contribution >= 4 is 34.2 Å². The van der Waals surface area contributed by atoms with Gasteiger partial charge in [0.05, 0.1) is 0 Å². The van der Waals surface area contributed by atoms with Crippen LogP contribution >= 0.6 is 12.4 Å². The first-order valence-corrected chi connectivity index (χ1v) is 10.2. The second kappa shape index (κ2) is 7.54. The van der Waals surface area contributed by atoms with Gasteiger partial charge in [0.25, 0.3) is 10.0 Å². The van der Waals surface area contributed by atoms with E-state index in [1.54, 1.807) is 18.2 Å². The van der Waals surface area contributed by atoms with Crippen LogP contribution in [0, 0.1) is 5.92 Å². The maximum Gasteiger partial charge on any atom is 0.285 e. The summed E-state index contributed by atoms with van der Waals surface area (Å²) in [5, 5.41) is 6.36. The van der Waals surface area contributed by atoms with Crippen molar-refractivity contribution in [2.24, 2.45) is 10.3 Å². The minimum absolute atomic E-state index is 0. The first-order valence-electron chi connectivity index (χ1n) is 8.75. The number of nitrogens with one attached hydrogen (secondary N) is 2. The van der Waals surface area contributed by atoms with Gasteiger partial charge in [-0.25, -0.2) is 0 Å². The summed E-state index contributed by atoms with van der Waals surface area (Å²) >= 11 is 0. The van der Waals surface area contributed by atoms with Gasteiger partial charge in [0.15, 0.2) is 5.84 Å². The molecule has 0 aromatic heterocycles. The highest BCUT2D eigenvalue weighted by Gasteiger charge is 2.34. The van der Waals surface area contributed by atoms with Crippen molar-refractivity contribution in [2.75, 3.05) is 26.2 Å². The Hall–Kier alpha value is -1.64. The molecule has 3 aliphatic heterocycles. The second-order valence-electron chi connectivity index (χ2n) is 6.85. The minimum Gasteiger partial charge on any atom is -0.355 e. The van der Waals surface area contributed by atoms with Crippen LogP contribution in [0.25, 0.3) is 0 Å². The molecular formula is C17H23ClN4O3S. The highest BCUT2D eigenvalue weighted by atomic mass is 35.5. The smallest absolute Gasteiger partial charge is 0.285 e. The maximum atomic E-state index is 12.4. The van der Waals surface area contributed by atoms with E-state index >= 15 is 0 Å². The van der Waals surface area contributed by atoms with E-state index in [0.29, 0.717) is 37.3 Å². The molecule has 26 heavy (non-hydrogen) atoms. The van der Waals surface area contributed by atoms with Gasteiger partial charge in [0.1, 0.15) is 4.90 Å². The number of hydrogen-bond acceptors (Lipinski definition) is 5. The van der Waals surface area contributed by atoms with Crippen molar-refractivity contribution in [2.45, 2.75) is 30.2 Å². The molecule has 0 bridgehead atoms. The topological polar surface area (TPSA) is 90.9 Å².